The molecule has 0 aliphatic rings. The maximum absolute atomic E-state index is 6.69. The third kappa shape index (κ3) is 6.91. The van der Waals surface area contributed by atoms with Crippen LogP contribution in [0.3, 0.4) is 0 Å². The molecule has 0 saturated heterocycles. The lowest BCUT2D eigenvalue weighted by Gasteiger charge is -2.21. The molecule has 0 spiro atoms. The van der Waals surface area contributed by atoms with E-state index in [0.29, 0.717) is 0 Å². The highest BCUT2D eigenvalue weighted by molar-refractivity contribution is 6.09. The predicted octanol–water partition coefficient (Wildman–Crippen LogP) is 12.8. The van der Waals surface area contributed by atoms with Crippen molar-refractivity contribution >= 4 is 21.8 Å². The van der Waals surface area contributed by atoms with Crippen molar-refractivity contribution in [1.82, 2.24) is 14.1 Å². The van der Waals surface area contributed by atoms with Crippen LogP contribution in [0, 0.1) is 6.33 Å². The summed E-state index contributed by atoms with van der Waals surface area (Å²) < 4.78 is 13.3. The van der Waals surface area contributed by atoms with Crippen LogP contribution in [0.2, 0.25) is 0 Å². The van der Waals surface area contributed by atoms with Crippen LogP contribution in [0.1, 0.15) is 52.8 Å². The van der Waals surface area contributed by atoms with Gasteiger partial charge in [0.25, 0.3) is 6.33 Å². The molecule has 6 aromatic carbocycles. The molecule has 0 fully saturated rings. The fraction of sp³-hybridized carbons (Fsp3) is 0.154. The second-order valence-corrected chi connectivity index (χ2v) is 16.8. The Kier molecular flexibility index (Phi) is 8.89. The zero-order valence-corrected chi connectivity index (χ0v) is 33.4. The molecule has 0 bridgehead atoms. The molecule has 9 rings (SSSR count). The lowest BCUT2D eigenvalue weighted by molar-refractivity contribution is -0.598. The van der Waals surface area contributed by atoms with Crippen LogP contribution in [-0.4, -0.2) is 14.1 Å². The summed E-state index contributed by atoms with van der Waals surface area (Å²) in [5.41, 5.74) is 11.0. The van der Waals surface area contributed by atoms with E-state index in [1.54, 1.807) is 0 Å². The van der Waals surface area contributed by atoms with Gasteiger partial charge in [-0.15, -0.1) is 0 Å². The van der Waals surface area contributed by atoms with Crippen LogP contribution in [0.4, 0.5) is 0 Å². The van der Waals surface area contributed by atoms with Gasteiger partial charge in [-0.05, 0) is 99.3 Å². The van der Waals surface area contributed by atoms with E-state index in [-0.39, 0.29) is 10.8 Å². The van der Waals surface area contributed by atoms with E-state index in [4.69, 9.17) is 9.72 Å². The molecule has 9 aromatic rings. The van der Waals surface area contributed by atoms with Gasteiger partial charge in [0, 0.05) is 29.2 Å². The Labute approximate surface area is 335 Å². The van der Waals surface area contributed by atoms with Gasteiger partial charge in [0.2, 0.25) is 0 Å². The molecule has 280 valence electrons. The highest BCUT2D eigenvalue weighted by atomic mass is 16.5. The molecule has 0 atom stereocenters. The molecular weight excluding hydrogens is 697 g/mol. The Morgan fingerprint density at radius 3 is 2.02 bits per heavy atom. The van der Waals surface area contributed by atoms with Gasteiger partial charge in [0.1, 0.15) is 17.3 Å². The van der Waals surface area contributed by atoms with Crippen molar-refractivity contribution in [1.29, 1.82) is 0 Å². The van der Waals surface area contributed by atoms with Gasteiger partial charge in [-0.1, -0.05) is 133 Å². The van der Waals surface area contributed by atoms with Crippen molar-refractivity contribution in [3.63, 3.8) is 0 Å². The summed E-state index contributed by atoms with van der Waals surface area (Å²) >= 11 is 0. The number of nitrogens with zero attached hydrogens (tertiary/aromatic N) is 4. The molecule has 0 radical (unpaired) electrons. The minimum Gasteiger partial charge on any atom is -0.458 e. The van der Waals surface area contributed by atoms with Crippen molar-refractivity contribution in [2.45, 2.75) is 52.4 Å². The number of pyridine rings is 1. The smallest absolute Gasteiger partial charge is 0.269 e. The Hall–Kier alpha value is -6.72. The third-order valence-corrected chi connectivity index (χ3v) is 10.7. The van der Waals surface area contributed by atoms with Gasteiger partial charge in [-0.3, -0.25) is 13.7 Å². The molecule has 0 unspecified atom stereocenters. The third-order valence-electron chi connectivity index (χ3n) is 10.7. The van der Waals surface area contributed by atoms with Crippen molar-refractivity contribution in [2.75, 3.05) is 0 Å². The zero-order chi connectivity index (χ0) is 39.3. The summed E-state index contributed by atoms with van der Waals surface area (Å²) in [7, 11) is 0. The Morgan fingerprint density at radius 1 is 0.561 bits per heavy atom. The molecule has 5 nitrogen and oxygen atoms in total. The number of aromatic nitrogens is 4. The van der Waals surface area contributed by atoms with E-state index in [0.717, 1.165) is 61.9 Å². The highest BCUT2D eigenvalue weighted by Crippen LogP contribution is 2.37. The Balaban J connectivity index is 1.11. The standard InChI is InChI=1S/C52H46N4O/c1-51(2,3)39-28-29-53-50(31-39)56-47-23-14-13-22-43(47)44-26-25-42(33-48(44)56)57-41-21-15-20-40(32-41)55-35-54(34-49(55)52(4,5)6)46-27-24-38(36-16-9-7-10-17-36)30-45(46)37-18-11-8-12-19-37/h7-34H,1-6H3. The van der Waals surface area contributed by atoms with Crippen molar-refractivity contribution in [2.24, 2.45) is 0 Å². The lowest BCUT2D eigenvalue weighted by Crippen LogP contribution is -2.29. The number of hydrogen-bond donors (Lipinski definition) is 0. The number of benzene rings is 6. The van der Waals surface area contributed by atoms with E-state index < -0.39 is 0 Å². The number of rotatable bonds is 7. The summed E-state index contributed by atoms with van der Waals surface area (Å²) in [5.74, 6) is 2.39. The van der Waals surface area contributed by atoms with Gasteiger partial charge in [0.15, 0.2) is 0 Å². The molecule has 5 heteroatoms. The highest BCUT2D eigenvalue weighted by Gasteiger charge is 2.24. The normalized spacial score (nSPS) is 12.0. The summed E-state index contributed by atoms with van der Waals surface area (Å²) in [4.78, 5) is 4.86. The summed E-state index contributed by atoms with van der Waals surface area (Å²) in [6, 6.07) is 55.3. The van der Waals surface area contributed by atoms with Gasteiger partial charge in [-0.2, -0.15) is 0 Å². The number of ether oxygens (including phenoxy) is 1. The fourth-order valence-electron chi connectivity index (χ4n) is 7.72. The van der Waals surface area contributed by atoms with Crippen LogP contribution in [0.15, 0.2) is 170 Å². The SMILES string of the molecule is CC(C)(C)c1ccnc(-n2c3ccccc3c3ccc(Oc4cccc(-n5[c-][n+](-c6ccc(-c7ccccc7)cc6-c6ccccc6)cc5C(C)(C)C)c4)cc32)c1. The van der Waals surface area contributed by atoms with Gasteiger partial charge in [0.05, 0.1) is 28.1 Å². The molecule has 57 heavy (non-hydrogen) atoms. The number of fused-ring (bicyclic) bond motifs is 3. The number of hydrogen-bond acceptors (Lipinski definition) is 2. The van der Waals surface area contributed by atoms with Crippen LogP contribution in [-0.2, 0) is 10.8 Å². The monoisotopic (exact) mass is 742 g/mol. The quantitative estimate of drug-likeness (QED) is 0.120. The fourth-order valence-corrected chi connectivity index (χ4v) is 7.72. The number of para-hydroxylation sites is 1. The largest absolute Gasteiger partial charge is 0.458 e. The molecular formula is C52H46N4O. The Morgan fingerprint density at radius 2 is 1.26 bits per heavy atom. The molecule has 0 N–H and O–H groups in total. The van der Waals surface area contributed by atoms with E-state index in [1.807, 2.05) is 12.3 Å². The molecule has 0 aliphatic carbocycles. The van der Waals surface area contributed by atoms with Crippen LogP contribution in [0.25, 0.3) is 61.3 Å². The minimum absolute atomic E-state index is 0.00378. The van der Waals surface area contributed by atoms with Crippen molar-refractivity contribution in [3.05, 3.63) is 188 Å². The maximum Gasteiger partial charge on any atom is 0.269 e. The van der Waals surface area contributed by atoms with Gasteiger partial charge < -0.3 is 4.74 Å². The second-order valence-electron chi connectivity index (χ2n) is 16.8. The predicted molar refractivity (Wildman–Crippen MR) is 233 cm³/mol. The Bertz CT molecular complexity index is 2890. The van der Waals surface area contributed by atoms with E-state index in [9.17, 15) is 0 Å². The van der Waals surface area contributed by atoms with E-state index in [1.165, 1.54) is 22.1 Å². The number of imidazole rings is 1. The zero-order valence-electron chi connectivity index (χ0n) is 33.4. The maximum atomic E-state index is 6.69. The second kappa shape index (κ2) is 14.1. The summed E-state index contributed by atoms with van der Waals surface area (Å²) in [5, 5.41) is 2.34. The molecule has 0 aliphatic heterocycles. The first-order valence-electron chi connectivity index (χ1n) is 19.6. The average Bonchev–Trinajstić information content (AvgIpc) is 3.82. The molecule has 0 amide bonds. The summed E-state index contributed by atoms with van der Waals surface area (Å²) in [6.45, 7) is 13.4. The first-order valence-corrected chi connectivity index (χ1v) is 19.6. The van der Waals surface area contributed by atoms with Crippen LogP contribution in [0.5, 0.6) is 11.5 Å². The summed E-state index contributed by atoms with van der Waals surface area (Å²) in [6.07, 6.45) is 7.86. The van der Waals surface area contributed by atoms with Crippen molar-refractivity contribution in [3.8, 4) is 50.9 Å². The van der Waals surface area contributed by atoms with Gasteiger partial charge in [-0.25, -0.2) is 4.98 Å². The van der Waals surface area contributed by atoms with Crippen molar-refractivity contribution < 1.29 is 9.30 Å². The minimum atomic E-state index is -0.174. The van der Waals surface area contributed by atoms with E-state index in [2.05, 4.69) is 219 Å². The molecule has 3 heterocycles. The molecule has 0 saturated carbocycles. The van der Waals surface area contributed by atoms with Crippen LogP contribution >= 0.6 is 0 Å². The molecule has 3 aromatic heterocycles. The van der Waals surface area contributed by atoms with Gasteiger partial charge >= 0.3 is 0 Å². The van der Waals surface area contributed by atoms with E-state index >= 15 is 0 Å². The van der Waals surface area contributed by atoms with Crippen LogP contribution < -0.4 is 9.30 Å². The first kappa shape index (κ1) is 35.9. The first-order chi connectivity index (χ1) is 27.5. The average molecular weight is 743 g/mol. The topological polar surface area (TPSA) is 35.9 Å². The lowest BCUT2D eigenvalue weighted by atomic mass is 9.88.